The van der Waals surface area contributed by atoms with Gasteiger partial charge in [-0.3, -0.25) is 4.98 Å². The fourth-order valence-electron chi connectivity index (χ4n) is 1.90. The summed E-state index contributed by atoms with van der Waals surface area (Å²) in [6, 6.07) is 10.7. The number of nitrogens with zero attached hydrogens (tertiary/aromatic N) is 3. The molecule has 0 fully saturated rings. The first-order chi connectivity index (χ1) is 10.1. The van der Waals surface area contributed by atoms with Crippen LogP contribution in [0.15, 0.2) is 53.6 Å². The number of hydrogen-bond donors (Lipinski definition) is 2. The molecule has 3 rings (SSSR count). The smallest absolute Gasteiger partial charge is 0.352 e. The molecule has 7 nitrogen and oxygen atoms in total. The first-order valence-corrected chi connectivity index (χ1v) is 6.08. The van der Waals surface area contributed by atoms with E-state index in [1.54, 1.807) is 10.9 Å². The van der Waals surface area contributed by atoms with Crippen LogP contribution in [0.2, 0.25) is 0 Å². The average Bonchev–Trinajstić information content (AvgIpc) is 2.97. The lowest BCUT2D eigenvalue weighted by molar-refractivity contribution is 0.0690. The molecule has 0 radical (unpaired) electrons. The van der Waals surface area contributed by atoms with Gasteiger partial charge in [0.15, 0.2) is 0 Å². The van der Waals surface area contributed by atoms with Crippen molar-refractivity contribution in [1.82, 2.24) is 19.7 Å². The van der Waals surface area contributed by atoms with Gasteiger partial charge in [0.1, 0.15) is 5.69 Å². The number of hydrogen-bond acceptors (Lipinski definition) is 4. The number of carboxylic acid groups (broad SMARTS) is 1. The second kappa shape index (κ2) is 5.04. The molecule has 0 atom stereocenters. The topological polar surface area (TPSA) is 101 Å². The zero-order chi connectivity index (χ0) is 14.8. The molecule has 0 bridgehead atoms. The van der Waals surface area contributed by atoms with E-state index in [1.807, 2.05) is 30.3 Å². The van der Waals surface area contributed by atoms with E-state index in [4.69, 9.17) is 5.11 Å². The van der Waals surface area contributed by atoms with Gasteiger partial charge in [0, 0.05) is 11.8 Å². The Morgan fingerprint density at radius 3 is 2.71 bits per heavy atom. The highest BCUT2D eigenvalue weighted by Gasteiger charge is 2.10. The molecule has 0 spiro atoms. The normalized spacial score (nSPS) is 10.5. The van der Waals surface area contributed by atoms with Crippen LogP contribution < -0.4 is 5.69 Å². The lowest BCUT2D eigenvalue weighted by atomic mass is 10.2. The van der Waals surface area contributed by atoms with E-state index < -0.39 is 11.7 Å². The Bertz CT molecular complexity index is 852. The summed E-state index contributed by atoms with van der Waals surface area (Å²) in [7, 11) is 0. The number of H-pyrrole nitrogens is 1. The van der Waals surface area contributed by atoms with Crippen molar-refractivity contribution in [3.05, 3.63) is 65.0 Å². The highest BCUT2D eigenvalue weighted by Crippen LogP contribution is 2.17. The van der Waals surface area contributed by atoms with Crippen LogP contribution in [-0.4, -0.2) is 30.8 Å². The highest BCUT2D eigenvalue weighted by molar-refractivity contribution is 5.86. The minimum Gasteiger partial charge on any atom is -0.477 e. The largest absolute Gasteiger partial charge is 0.477 e. The van der Waals surface area contributed by atoms with Gasteiger partial charge in [0.25, 0.3) is 0 Å². The molecule has 1 aromatic carbocycles. The summed E-state index contributed by atoms with van der Waals surface area (Å²) in [4.78, 5) is 28.3. The number of aromatic nitrogens is 4. The zero-order valence-electron chi connectivity index (χ0n) is 10.7. The van der Waals surface area contributed by atoms with E-state index in [9.17, 15) is 9.59 Å². The molecule has 0 aliphatic carbocycles. The van der Waals surface area contributed by atoms with Crippen LogP contribution in [0.5, 0.6) is 0 Å². The van der Waals surface area contributed by atoms with Crippen molar-refractivity contribution >= 4 is 5.97 Å². The minimum atomic E-state index is -1.22. The maximum absolute atomic E-state index is 11.4. The maximum Gasteiger partial charge on any atom is 0.352 e. The summed E-state index contributed by atoms with van der Waals surface area (Å²) in [5.74, 6) is -1.22. The third-order valence-corrected chi connectivity index (χ3v) is 2.87. The minimum absolute atomic E-state index is 0.211. The second-order valence-corrected chi connectivity index (χ2v) is 4.30. The van der Waals surface area contributed by atoms with Gasteiger partial charge in [0.2, 0.25) is 0 Å². The lowest BCUT2D eigenvalue weighted by Crippen LogP contribution is -2.16. The number of carbonyl (C=O) groups is 1. The zero-order valence-corrected chi connectivity index (χ0v) is 10.7. The van der Waals surface area contributed by atoms with Crippen LogP contribution >= 0.6 is 0 Å². The summed E-state index contributed by atoms with van der Waals surface area (Å²) in [5, 5.41) is 13.1. The number of para-hydroxylation sites is 1. The summed E-state index contributed by atoms with van der Waals surface area (Å²) >= 11 is 0. The number of rotatable bonds is 3. The summed E-state index contributed by atoms with van der Waals surface area (Å²) in [6.45, 7) is 0. The van der Waals surface area contributed by atoms with Crippen molar-refractivity contribution in [2.75, 3.05) is 0 Å². The molecule has 104 valence electrons. The summed E-state index contributed by atoms with van der Waals surface area (Å²) in [6.07, 6.45) is 3.21. The predicted octanol–water partition coefficient (Wildman–Crippen LogP) is 1.32. The number of aromatic amines is 1. The molecular weight excluding hydrogens is 272 g/mol. The van der Waals surface area contributed by atoms with E-state index in [0.29, 0.717) is 5.56 Å². The van der Waals surface area contributed by atoms with E-state index in [2.05, 4.69) is 15.1 Å². The van der Waals surface area contributed by atoms with Crippen molar-refractivity contribution in [2.45, 2.75) is 0 Å². The van der Waals surface area contributed by atoms with Crippen LogP contribution in [0.1, 0.15) is 10.5 Å². The summed E-state index contributed by atoms with van der Waals surface area (Å²) in [5.41, 5.74) is 0.757. The van der Waals surface area contributed by atoms with Crippen molar-refractivity contribution < 1.29 is 9.90 Å². The molecular formula is C14H10N4O3. The SMILES string of the molecule is O=C(O)c1cc(-c2cnn(-c3ccccc3)c2)nc(=O)[nH]1. The van der Waals surface area contributed by atoms with Gasteiger partial charge in [-0.05, 0) is 18.2 Å². The molecule has 0 amide bonds. The lowest BCUT2D eigenvalue weighted by Gasteiger charge is -2.00. The number of nitrogens with one attached hydrogen (secondary N) is 1. The highest BCUT2D eigenvalue weighted by atomic mass is 16.4. The van der Waals surface area contributed by atoms with E-state index in [1.165, 1.54) is 12.3 Å². The first kappa shape index (κ1) is 12.8. The Morgan fingerprint density at radius 2 is 2.00 bits per heavy atom. The predicted molar refractivity (Wildman–Crippen MR) is 74.4 cm³/mol. The van der Waals surface area contributed by atoms with Crippen molar-refractivity contribution in [3.63, 3.8) is 0 Å². The van der Waals surface area contributed by atoms with Crippen LogP contribution in [0.3, 0.4) is 0 Å². The van der Waals surface area contributed by atoms with Crippen LogP contribution in [0.4, 0.5) is 0 Å². The quantitative estimate of drug-likeness (QED) is 0.754. The van der Waals surface area contributed by atoms with Crippen LogP contribution in [0, 0.1) is 0 Å². The van der Waals surface area contributed by atoms with E-state index in [-0.39, 0.29) is 11.4 Å². The van der Waals surface area contributed by atoms with Gasteiger partial charge >= 0.3 is 11.7 Å². The second-order valence-electron chi connectivity index (χ2n) is 4.30. The molecule has 0 aliphatic rings. The molecule has 0 saturated heterocycles. The molecule has 0 aliphatic heterocycles. The fourth-order valence-corrected chi connectivity index (χ4v) is 1.90. The first-order valence-electron chi connectivity index (χ1n) is 6.08. The van der Waals surface area contributed by atoms with Gasteiger partial charge in [-0.2, -0.15) is 10.1 Å². The van der Waals surface area contributed by atoms with Gasteiger partial charge in [-0.15, -0.1) is 0 Å². The average molecular weight is 282 g/mol. The standard InChI is InChI=1S/C14H10N4O3/c19-13(20)12-6-11(16-14(21)17-12)9-7-15-18(8-9)10-4-2-1-3-5-10/h1-8H,(H,19,20)(H,16,17,21). The monoisotopic (exact) mass is 282 g/mol. The van der Waals surface area contributed by atoms with E-state index in [0.717, 1.165) is 5.69 Å². The number of benzene rings is 1. The Hall–Kier alpha value is -3.22. The van der Waals surface area contributed by atoms with Crippen molar-refractivity contribution in [2.24, 2.45) is 0 Å². The molecule has 21 heavy (non-hydrogen) atoms. The number of aromatic carboxylic acids is 1. The Kier molecular flexibility index (Phi) is 3.07. The molecule has 7 heteroatoms. The van der Waals surface area contributed by atoms with Gasteiger partial charge in [0.05, 0.1) is 17.6 Å². The number of carboxylic acids is 1. The van der Waals surface area contributed by atoms with Gasteiger partial charge in [-0.25, -0.2) is 14.3 Å². The molecule has 2 heterocycles. The Balaban J connectivity index is 2.04. The molecule has 0 saturated carbocycles. The van der Waals surface area contributed by atoms with Gasteiger partial charge in [-0.1, -0.05) is 18.2 Å². The summed E-state index contributed by atoms with van der Waals surface area (Å²) < 4.78 is 1.62. The van der Waals surface area contributed by atoms with Crippen molar-refractivity contribution in [1.29, 1.82) is 0 Å². The maximum atomic E-state index is 11.4. The molecule has 0 unspecified atom stereocenters. The van der Waals surface area contributed by atoms with E-state index >= 15 is 0 Å². The molecule has 2 N–H and O–H groups in total. The van der Waals surface area contributed by atoms with Crippen LogP contribution in [0.25, 0.3) is 16.9 Å². The molecule has 3 aromatic rings. The van der Waals surface area contributed by atoms with Crippen LogP contribution in [-0.2, 0) is 0 Å². The van der Waals surface area contributed by atoms with Gasteiger partial charge < -0.3 is 5.11 Å². The Labute approximate surface area is 118 Å². The third-order valence-electron chi connectivity index (χ3n) is 2.87. The molecule has 2 aromatic heterocycles. The van der Waals surface area contributed by atoms with Crippen molar-refractivity contribution in [3.8, 4) is 16.9 Å². The Morgan fingerprint density at radius 1 is 1.24 bits per heavy atom. The third kappa shape index (κ3) is 2.57. The fraction of sp³-hybridized carbons (Fsp3) is 0.